The van der Waals surface area contributed by atoms with Gasteiger partial charge in [0.25, 0.3) is 0 Å². The molecule has 1 aliphatic heterocycles. The average molecular weight is 415 g/mol. The van der Waals surface area contributed by atoms with Crippen molar-refractivity contribution in [3.8, 4) is 0 Å². The molecule has 6 nitrogen and oxygen atoms in total. The van der Waals surface area contributed by atoms with E-state index in [1.807, 2.05) is 31.2 Å². The minimum absolute atomic E-state index is 0.0987. The van der Waals surface area contributed by atoms with Crippen molar-refractivity contribution in [2.45, 2.75) is 72.4 Å². The van der Waals surface area contributed by atoms with Gasteiger partial charge in [-0.25, -0.2) is 9.59 Å². The lowest BCUT2D eigenvalue weighted by Crippen LogP contribution is -2.38. The molecule has 6 heteroatoms. The van der Waals surface area contributed by atoms with Crippen LogP contribution in [0.15, 0.2) is 29.4 Å². The average Bonchev–Trinajstić information content (AvgIpc) is 3.14. The first-order chi connectivity index (χ1) is 14.3. The van der Waals surface area contributed by atoms with Crippen molar-refractivity contribution in [2.24, 2.45) is 22.9 Å². The third-order valence-electron chi connectivity index (χ3n) is 6.22. The summed E-state index contributed by atoms with van der Waals surface area (Å²) in [7, 11) is 0. The van der Waals surface area contributed by atoms with Crippen LogP contribution in [0, 0.1) is 24.7 Å². The summed E-state index contributed by atoms with van der Waals surface area (Å²) >= 11 is 0. The molecule has 1 heterocycles. The number of ether oxygens (including phenoxy) is 2. The fourth-order valence-electron chi connectivity index (χ4n) is 4.45. The maximum Gasteiger partial charge on any atom is 0.354 e. The third-order valence-corrected chi connectivity index (χ3v) is 6.22. The molecule has 0 spiro atoms. The Morgan fingerprint density at radius 1 is 1.20 bits per heavy atom. The standard InChI is InChI=1S/C24H34N2O4/c1-6-29-24(28)21-14-20(25-26(21)18-10-7-16(4)8-11-18)23(27)30-22-13-17(5)9-12-19(22)15(2)3/h7-8,10-11,15,17,19,21-22H,6,9,12-14H2,1-5H3/t17-,19+,21+,22-/m1/s1. The summed E-state index contributed by atoms with van der Waals surface area (Å²) in [6.07, 6.45) is 3.22. The van der Waals surface area contributed by atoms with E-state index < -0.39 is 12.0 Å². The van der Waals surface area contributed by atoms with Gasteiger partial charge in [0, 0.05) is 6.42 Å². The number of hydrogen-bond acceptors (Lipinski definition) is 6. The zero-order valence-corrected chi connectivity index (χ0v) is 18.8. The first-order valence-electron chi connectivity index (χ1n) is 11.1. The minimum Gasteiger partial charge on any atom is -0.464 e. The van der Waals surface area contributed by atoms with E-state index in [4.69, 9.17) is 9.47 Å². The van der Waals surface area contributed by atoms with Crippen LogP contribution in [0.2, 0.25) is 0 Å². The molecule has 3 rings (SSSR count). The van der Waals surface area contributed by atoms with Crippen molar-refractivity contribution in [2.75, 3.05) is 11.6 Å². The Bertz CT molecular complexity index is 787. The lowest BCUT2D eigenvalue weighted by atomic mass is 9.75. The Morgan fingerprint density at radius 3 is 2.53 bits per heavy atom. The number of carbonyl (C=O) groups is 2. The Morgan fingerprint density at radius 2 is 1.90 bits per heavy atom. The highest BCUT2D eigenvalue weighted by Crippen LogP contribution is 2.36. The minimum atomic E-state index is -0.651. The van der Waals surface area contributed by atoms with E-state index in [1.165, 1.54) is 6.42 Å². The van der Waals surface area contributed by atoms with Crippen LogP contribution in [-0.2, 0) is 19.1 Å². The van der Waals surface area contributed by atoms with Crippen molar-refractivity contribution in [1.29, 1.82) is 0 Å². The number of aryl methyl sites for hydroxylation is 1. The number of hydrogen-bond donors (Lipinski definition) is 0. The Kier molecular flexibility index (Phi) is 7.16. The van der Waals surface area contributed by atoms with Crippen molar-refractivity contribution in [3.63, 3.8) is 0 Å². The summed E-state index contributed by atoms with van der Waals surface area (Å²) in [5.41, 5.74) is 2.16. The van der Waals surface area contributed by atoms with Crippen LogP contribution in [-0.4, -0.2) is 36.4 Å². The number of nitrogens with zero attached hydrogens (tertiary/aromatic N) is 2. The summed E-state index contributed by atoms with van der Waals surface area (Å²) < 4.78 is 11.2. The Balaban J connectivity index is 1.79. The zero-order chi connectivity index (χ0) is 21.8. The number of carbonyl (C=O) groups excluding carboxylic acids is 2. The summed E-state index contributed by atoms with van der Waals surface area (Å²) in [4.78, 5) is 25.6. The molecule has 30 heavy (non-hydrogen) atoms. The molecule has 1 aromatic carbocycles. The van der Waals surface area contributed by atoms with Crippen molar-refractivity contribution >= 4 is 23.3 Å². The second kappa shape index (κ2) is 9.63. The molecule has 164 valence electrons. The third kappa shape index (κ3) is 5.02. The highest BCUT2D eigenvalue weighted by atomic mass is 16.5. The molecule has 1 fully saturated rings. The van der Waals surface area contributed by atoms with E-state index in [1.54, 1.807) is 11.9 Å². The number of esters is 2. The first kappa shape index (κ1) is 22.3. The largest absolute Gasteiger partial charge is 0.464 e. The van der Waals surface area contributed by atoms with E-state index in [0.29, 0.717) is 17.8 Å². The van der Waals surface area contributed by atoms with Gasteiger partial charge in [-0.1, -0.05) is 44.9 Å². The van der Waals surface area contributed by atoms with Crippen LogP contribution in [0.4, 0.5) is 5.69 Å². The zero-order valence-electron chi connectivity index (χ0n) is 18.8. The van der Waals surface area contributed by atoms with Crippen LogP contribution in [0.3, 0.4) is 0 Å². The predicted octanol–water partition coefficient (Wildman–Crippen LogP) is 4.50. The molecule has 2 aliphatic rings. The van der Waals surface area contributed by atoms with E-state index in [9.17, 15) is 9.59 Å². The quantitative estimate of drug-likeness (QED) is 0.641. The Labute approximate surface area is 179 Å². The first-order valence-corrected chi connectivity index (χ1v) is 11.1. The molecule has 0 amide bonds. The van der Waals surface area contributed by atoms with E-state index in [0.717, 1.165) is 24.1 Å². The summed E-state index contributed by atoms with van der Waals surface area (Å²) in [6, 6.07) is 7.06. The molecule has 4 atom stereocenters. The van der Waals surface area contributed by atoms with Gasteiger partial charge < -0.3 is 9.47 Å². The van der Waals surface area contributed by atoms with Crippen LogP contribution in [0.5, 0.6) is 0 Å². The lowest BCUT2D eigenvalue weighted by Gasteiger charge is -2.36. The van der Waals surface area contributed by atoms with Gasteiger partial charge in [0.05, 0.1) is 12.3 Å². The summed E-state index contributed by atoms with van der Waals surface area (Å²) in [5.74, 6) is 0.567. The molecule has 1 aliphatic carbocycles. The van der Waals surface area contributed by atoms with Crippen molar-refractivity contribution in [3.05, 3.63) is 29.8 Å². The van der Waals surface area contributed by atoms with Gasteiger partial charge in [-0.3, -0.25) is 5.01 Å². The normalized spacial score (nSPS) is 26.5. The molecule has 1 aromatic rings. The molecule has 1 saturated carbocycles. The van der Waals surface area contributed by atoms with Crippen LogP contribution < -0.4 is 5.01 Å². The molecule has 0 bridgehead atoms. The van der Waals surface area contributed by atoms with Gasteiger partial charge in [-0.2, -0.15) is 5.10 Å². The Hall–Kier alpha value is -2.37. The molecule has 0 aromatic heterocycles. The number of hydrazone groups is 1. The van der Waals surface area contributed by atoms with Crippen LogP contribution in [0.25, 0.3) is 0 Å². The molecule has 0 unspecified atom stereocenters. The topological polar surface area (TPSA) is 68.2 Å². The maximum absolute atomic E-state index is 13.0. The van der Waals surface area contributed by atoms with E-state index in [2.05, 4.69) is 25.9 Å². The van der Waals surface area contributed by atoms with Crippen LogP contribution >= 0.6 is 0 Å². The molecular formula is C24H34N2O4. The summed E-state index contributed by atoms with van der Waals surface area (Å²) in [6.45, 7) is 10.6. The number of benzene rings is 1. The number of rotatable bonds is 6. The van der Waals surface area contributed by atoms with E-state index >= 15 is 0 Å². The lowest BCUT2D eigenvalue weighted by molar-refractivity contribution is -0.147. The van der Waals surface area contributed by atoms with E-state index in [-0.39, 0.29) is 30.8 Å². The van der Waals surface area contributed by atoms with Gasteiger partial charge in [0.1, 0.15) is 11.8 Å². The van der Waals surface area contributed by atoms with Crippen molar-refractivity contribution < 1.29 is 19.1 Å². The number of anilines is 1. The van der Waals surface area contributed by atoms with Crippen molar-refractivity contribution in [1.82, 2.24) is 0 Å². The second-order valence-corrected chi connectivity index (χ2v) is 8.97. The monoisotopic (exact) mass is 414 g/mol. The highest BCUT2D eigenvalue weighted by molar-refractivity contribution is 6.38. The maximum atomic E-state index is 13.0. The molecular weight excluding hydrogens is 380 g/mol. The SMILES string of the molecule is CCOC(=O)[C@@H]1CC(C(=O)O[C@@H]2C[C@H](C)CC[C@H]2C(C)C)=NN1c1ccc(C)cc1. The highest BCUT2D eigenvalue weighted by Gasteiger charge is 2.40. The predicted molar refractivity (Wildman–Crippen MR) is 117 cm³/mol. The van der Waals surface area contributed by atoms with Gasteiger partial charge in [-0.15, -0.1) is 0 Å². The smallest absolute Gasteiger partial charge is 0.354 e. The molecule has 0 saturated heterocycles. The summed E-state index contributed by atoms with van der Waals surface area (Å²) in [5, 5.41) is 6.10. The van der Waals surface area contributed by atoms with Gasteiger partial charge in [0.15, 0.2) is 6.04 Å². The van der Waals surface area contributed by atoms with Gasteiger partial charge in [0.2, 0.25) is 0 Å². The fourth-order valence-corrected chi connectivity index (χ4v) is 4.45. The molecule has 0 N–H and O–H groups in total. The van der Waals surface area contributed by atoms with Crippen LogP contribution in [0.1, 0.15) is 58.9 Å². The fraction of sp³-hybridized carbons (Fsp3) is 0.625. The second-order valence-electron chi connectivity index (χ2n) is 8.97. The van der Waals surface area contributed by atoms with Gasteiger partial charge >= 0.3 is 11.9 Å². The molecule has 0 radical (unpaired) electrons. The van der Waals surface area contributed by atoms with Gasteiger partial charge in [-0.05, 0) is 56.6 Å².